The van der Waals surface area contributed by atoms with Crippen molar-refractivity contribution < 1.29 is 9.26 Å². The van der Waals surface area contributed by atoms with Gasteiger partial charge >= 0.3 is 0 Å². The summed E-state index contributed by atoms with van der Waals surface area (Å²) in [4.78, 5) is 4.64. The second-order valence-corrected chi connectivity index (χ2v) is 6.75. The molecule has 20 heavy (non-hydrogen) atoms. The fourth-order valence-electron chi connectivity index (χ4n) is 4.06. The molecule has 1 aromatic rings. The number of hydrogen-bond acceptors (Lipinski definition) is 5. The Labute approximate surface area is 119 Å². The topological polar surface area (TPSA) is 60.2 Å². The van der Waals surface area contributed by atoms with Crippen LogP contribution in [0.3, 0.4) is 0 Å². The van der Waals surface area contributed by atoms with Gasteiger partial charge in [0.1, 0.15) is 5.60 Å². The predicted molar refractivity (Wildman–Crippen MR) is 73.1 cm³/mol. The van der Waals surface area contributed by atoms with E-state index in [1.54, 1.807) is 0 Å². The third kappa shape index (κ3) is 2.07. The monoisotopic (exact) mass is 277 g/mol. The Balaban J connectivity index is 1.51. The number of rotatable bonds is 2. The van der Waals surface area contributed by atoms with E-state index in [1.165, 1.54) is 25.7 Å². The van der Waals surface area contributed by atoms with E-state index in [9.17, 15) is 0 Å². The predicted octanol–water partition coefficient (Wildman–Crippen LogP) is 2.69. The molecule has 3 heterocycles. The molecule has 1 saturated carbocycles. The van der Waals surface area contributed by atoms with Gasteiger partial charge in [-0.1, -0.05) is 18.0 Å². The number of nitrogens with one attached hydrogen (secondary N) is 1. The van der Waals surface area contributed by atoms with Crippen LogP contribution in [0, 0.1) is 5.92 Å². The molecule has 2 aliphatic heterocycles. The maximum absolute atomic E-state index is 5.79. The van der Waals surface area contributed by atoms with E-state index in [4.69, 9.17) is 9.26 Å². The Morgan fingerprint density at radius 2 is 2.15 bits per heavy atom. The molecule has 5 heteroatoms. The van der Waals surface area contributed by atoms with Gasteiger partial charge in [0.05, 0.1) is 6.04 Å². The molecule has 0 spiro atoms. The van der Waals surface area contributed by atoms with Gasteiger partial charge in [0.25, 0.3) is 0 Å². The zero-order valence-electron chi connectivity index (χ0n) is 12.1. The summed E-state index contributed by atoms with van der Waals surface area (Å²) >= 11 is 0. The highest BCUT2D eigenvalue weighted by Crippen LogP contribution is 2.40. The fourth-order valence-corrected chi connectivity index (χ4v) is 4.06. The lowest BCUT2D eigenvalue weighted by atomic mass is 9.85. The van der Waals surface area contributed by atoms with Gasteiger partial charge in [-0.15, -0.1) is 0 Å². The van der Waals surface area contributed by atoms with Gasteiger partial charge in [-0.25, -0.2) is 0 Å². The first-order valence-corrected chi connectivity index (χ1v) is 7.99. The standard InChI is InChI=1S/C15H23N3O2/c1-15(7-4-8-19-15)14-17-13(20-18-14)12-9-10-5-2-3-6-11(10)16-12/h10-12,16H,2-9H2,1H3. The van der Waals surface area contributed by atoms with Crippen LogP contribution in [0.25, 0.3) is 0 Å². The molecule has 3 fully saturated rings. The van der Waals surface area contributed by atoms with Crippen molar-refractivity contribution in [2.75, 3.05) is 6.61 Å². The minimum atomic E-state index is -0.340. The molecule has 5 nitrogen and oxygen atoms in total. The van der Waals surface area contributed by atoms with Gasteiger partial charge in [0, 0.05) is 12.6 Å². The quantitative estimate of drug-likeness (QED) is 0.900. The van der Waals surface area contributed by atoms with Gasteiger partial charge in [0.2, 0.25) is 11.7 Å². The molecule has 4 unspecified atom stereocenters. The smallest absolute Gasteiger partial charge is 0.243 e. The zero-order valence-corrected chi connectivity index (χ0v) is 12.1. The Kier molecular flexibility index (Phi) is 3.07. The summed E-state index contributed by atoms with van der Waals surface area (Å²) in [5, 5.41) is 7.87. The van der Waals surface area contributed by atoms with Crippen molar-refractivity contribution in [3.8, 4) is 0 Å². The van der Waals surface area contributed by atoms with Crippen LogP contribution in [0.4, 0.5) is 0 Å². The van der Waals surface area contributed by atoms with Crippen LogP contribution in [-0.4, -0.2) is 22.8 Å². The summed E-state index contributed by atoms with van der Waals surface area (Å²) in [6.45, 7) is 2.86. The average Bonchev–Trinajstić information content (AvgIpc) is 3.17. The highest BCUT2D eigenvalue weighted by molar-refractivity contribution is 5.06. The van der Waals surface area contributed by atoms with E-state index in [0.717, 1.165) is 43.5 Å². The van der Waals surface area contributed by atoms with E-state index in [0.29, 0.717) is 6.04 Å². The van der Waals surface area contributed by atoms with E-state index in [1.807, 2.05) is 0 Å². The number of aromatic nitrogens is 2. The SMILES string of the molecule is CC1(c2noc(C3CC4CCCCC4N3)n2)CCCO1. The maximum atomic E-state index is 5.79. The number of fused-ring (bicyclic) bond motifs is 1. The van der Waals surface area contributed by atoms with Crippen molar-refractivity contribution in [1.29, 1.82) is 0 Å². The van der Waals surface area contributed by atoms with Crippen LogP contribution in [0.15, 0.2) is 4.52 Å². The molecule has 110 valence electrons. The second-order valence-electron chi connectivity index (χ2n) is 6.75. The van der Waals surface area contributed by atoms with Gasteiger partial charge in [-0.05, 0) is 44.9 Å². The van der Waals surface area contributed by atoms with Gasteiger partial charge in [0.15, 0.2) is 0 Å². The first kappa shape index (κ1) is 12.8. The highest BCUT2D eigenvalue weighted by atomic mass is 16.5. The maximum Gasteiger partial charge on any atom is 0.243 e. The summed E-state index contributed by atoms with van der Waals surface area (Å²) in [6.07, 6.45) is 8.56. The van der Waals surface area contributed by atoms with Crippen molar-refractivity contribution >= 4 is 0 Å². The first-order valence-electron chi connectivity index (χ1n) is 7.99. The van der Waals surface area contributed by atoms with Gasteiger partial charge in [-0.2, -0.15) is 4.98 Å². The molecular weight excluding hydrogens is 254 g/mol. The summed E-state index contributed by atoms with van der Waals surface area (Å²) in [6, 6.07) is 0.900. The van der Waals surface area contributed by atoms with E-state index >= 15 is 0 Å². The van der Waals surface area contributed by atoms with Gasteiger partial charge < -0.3 is 14.6 Å². The van der Waals surface area contributed by atoms with Crippen molar-refractivity contribution in [3.05, 3.63) is 11.7 Å². The zero-order chi connectivity index (χ0) is 13.6. The minimum absolute atomic E-state index is 0.245. The molecule has 0 amide bonds. The number of ether oxygens (including phenoxy) is 1. The molecular formula is C15H23N3O2. The third-order valence-corrected chi connectivity index (χ3v) is 5.29. The Bertz CT molecular complexity index is 467. The van der Waals surface area contributed by atoms with E-state index < -0.39 is 0 Å². The van der Waals surface area contributed by atoms with Crippen molar-refractivity contribution in [2.45, 2.75) is 69.6 Å². The molecule has 1 aliphatic carbocycles. The molecule has 1 N–H and O–H groups in total. The van der Waals surface area contributed by atoms with Crippen LogP contribution < -0.4 is 5.32 Å². The Morgan fingerprint density at radius 1 is 1.25 bits per heavy atom. The van der Waals surface area contributed by atoms with E-state index in [-0.39, 0.29) is 11.6 Å². The average molecular weight is 277 g/mol. The Hall–Kier alpha value is -0.940. The molecule has 4 atom stereocenters. The van der Waals surface area contributed by atoms with Crippen molar-refractivity contribution in [3.63, 3.8) is 0 Å². The summed E-state index contributed by atoms with van der Waals surface area (Å²) in [7, 11) is 0. The molecule has 0 radical (unpaired) electrons. The van der Waals surface area contributed by atoms with Crippen molar-refractivity contribution in [2.24, 2.45) is 5.92 Å². The van der Waals surface area contributed by atoms with Crippen LogP contribution in [0.5, 0.6) is 0 Å². The first-order chi connectivity index (χ1) is 9.74. The minimum Gasteiger partial charge on any atom is -0.367 e. The molecule has 4 rings (SSSR count). The Morgan fingerprint density at radius 3 is 2.95 bits per heavy atom. The van der Waals surface area contributed by atoms with Crippen LogP contribution in [-0.2, 0) is 10.3 Å². The molecule has 3 aliphatic rings. The fraction of sp³-hybridized carbons (Fsp3) is 0.867. The molecule has 2 saturated heterocycles. The number of hydrogen-bond donors (Lipinski definition) is 1. The van der Waals surface area contributed by atoms with Crippen LogP contribution >= 0.6 is 0 Å². The lowest BCUT2D eigenvalue weighted by Crippen LogP contribution is -2.30. The third-order valence-electron chi connectivity index (χ3n) is 5.29. The molecule has 1 aromatic heterocycles. The van der Waals surface area contributed by atoms with Crippen molar-refractivity contribution in [1.82, 2.24) is 15.5 Å². The number of nitrogens with zero attached hydrogens (tertiary/aromatic N) is 2. The van der Waals surface area contributed by atoms with E-state index in [2.05, 4.69) is 22.4 Å². The van der Waals surface area contributed by atoms with Crippen LogP contribution in [0.2, 0.25) is 0 Å². The summed E-state index contributed by atoms with van der Waals surface area (Å²) < 4.78 is 11.3. The largest absolute Gasteiger partial charge is 0.367 e. The molecule has 0 bridgehead atoms. The van der Waals surface area contributed by atoms with Crippen LogP contribution in [0.1, 0.15) is 69.6 Å². The van der Waals surface area contributed by atoms with Gasteiger partial charge in [-0.3, -0.25) is 0 Å². The molecule has 0 aromatic carbocycles. The summed E-state index contributed by atoms with van der Waals surface area (Å²) in [5.41, 5.74) is -0.340. The second kappa shape index (κ2) is 4.81. The lowest BCUT2D eigenvalue weighted by Gasteiger charge is -2.24. The highest BCUT2D eigenvalue weighted by Gasteiger charge is 2.41. The normalized spacial score (nSPS) is 41.0. The lowest BCUT2D eigenvalue weighted by molar-refractivity contribution is 0.00768. The summed E-state index contributed by atoms with van der Waals surface area (Å²) in [5.74, 6) is 2.27.